The lowest BCUT2D eigenvalue weighted by atomic mass is 9.73. The molecule has 2 N–H and O–H groups in total. The molecule has 74 valence electrons. The van der Waals surface area contributed by atoms with Gasteiger partial charge in [0.25, 0.3) is 0 Å². The fraction of sp³-hybridized carbons (Fsp3) is 0.900. The van der Waals surface area contributed by atoms with Crippen LogP contribution in [0, 0.1) is 5.41 Å². The van der Waals surface area contributed by atoms with Crippen molar-refractivity contribution in [3.8, 4) is 0 Å². The number of nitrogens with one attached hydrogen (secondary N) is 2. The van der Waals surface area contributed by atoms with Crippen molar-refractivity contribution in [2.24, 2.45) is 5.41 Å². The Bertz CT molecular complexity index is 225. The molecule has 0 unspecified atom stereocenters. The molecule has 0 radical (unpaired) electrons. The van der Waals surface area contributed by atoms with Crippen LogP contribution in [0.5, 0.6) is 0 Å². The Morgan fingerprint density at radius 1 is 1.15 bits per heavy atom. The molecule has 0 aromatic rings. The van der Waals surface area contributed by atoms with Gasteiger partial charge in [0.05, 0.1) is 12.2 Å². The zero-order chi connectivity index (χ0) is 9.53. The molecule has 2 aliphatic rings. The molecular formula is C10H18N2O. The first-order valence-corrected chi connectivity index (χ1v) is 5.08. The summed E-state index contributed by atoms with van der Waals surface area (Å²) < 4.78 is 0. The Balaban J connectivity index is 2.01. The fourth-order valence-electron chi connectivity index (χ4n) is 2.26. The van der Waals surface area contributed by atoms with Gasteiger partial charge >= 0.3 is 0 Å². The Morgan fingerprint density at radius 3 is 2.23 bits per heavy atom. The van der Waals surface area contributed by atoms with Gasteiger partial charge in [-0.3, -0.25) is 10.1 Å². The lowest BCUT2D eigenvalue weighted by Crippen LogP contribution is -2.53. The molecule has 13 heavy (non-hydrogen) atoms. The maximum Gasteiger partial charge on any atom is 0.235 e. The quantitative estimate of drug-likeness (QED) is 0.587. The smallest absolute Gasteiger partial charge is 0.235 e. The van der Waals surface area contributed by atoms with Crippen molar-refractivity contribution in [1.29, 1.82) is 0 Å². The predicted molar refractivity (Wildman–Crippen MR) is 51.1 cm³/mol. The lowest BCUT2D eigenvalue weighted by molar-refractivity contribution is -0.119. The highest BCUT2D eigenvalue weighted by Gasteiger charge is 2.42. The van der Waals surface area contributed by atoms with E-state index in [4.69, 9.17) is 0 Å². The molecule has 1 saturated heterocycles. The van der Waals surface area contributed by atoms with E-state index in [2.05, 4.69) is 24.5 Å². The van der Waals surface area contributed by atoms with E-state index in [1.54, 1.807) is 0 Å². The van der Waals surface area contributed by atoms with Gasteiger partial charge in [0, 0.05) is 0 Å². The topological polar surface area (TPSA) is 41.1 Å². The molecule has 1 spiro atoms. The minimum atomic E-state index is -0.0490. The van der Waals surface area contributed by atoms with Gasteiger partial charge in [-0.15, -0.1) is 0 Å². The standard InChI is InChI=1S/C10H18N2O/c1-9(2)3-5-10(6-4-9)11-7-8(13)12-10/h11H,3-7H2,1-2H3,(H,12,13). The predicted octanol–water partition coefficient (Wildman–Crippen LogP) is 1.00. The molecule has 3 nitrogen and oxygen atoms in total. The minimum Gasteiger partial charge on any atom is -0.337 e. The van der Waals surface area contributed by atoms with Crippen LogP contribution in [0.4, 0.5) is 0 Å². The first kappa shape index (κ1) is 9.00. The second-order valence-corrected chi connectivity index (χ2v) is 5.15. The highest BCUT2D eigenvalue weighted by Crippen LogP contribution is 2.39. The third-order valence-corrected chi connectivity index (χ3v) is 3.42. The number of rotatable bonds is 0. The first-order valence-electron chi connectivity index (χ1n) is 5.08. The highest BCUT2D eigenvalue weighted by molar-refractivity contribution is 5.81. The van der Waals surface area contributed by atoms with Crippen molar-refractivity contribution in [1.82, 2.24) is 10.6 Å². The Hall–Kier alpha value is -0.570. The Kier molecular flexibility index (Phi) is 1.88. The molecule has 1 aliphatic carbocycles. The molecule has 3 heteroatoms. The summed E-state index contributed by atoms with van der Waals surface area (Å²) in [6.45, 7) is 5.10. The van der Waals surface area contributed by atoms with Crippen LogP contribution in [0.3, 0.4) is 0 Å². The first-order chi connectivity index (χ1) is 6.02. The van der Waals surface area contributed by atoms with Crippen molar-refractivity contribution in [3.05, 3.63) is 0 Å². The van der Waals surface area contributed by atoms with Crippen LogP contribution < -0.4 is 10.6 Å². The molecule has 0 aromatic heterocycles. The van der Waals surface area contributed by atoms with E-state index in [1.807, 2.05) is 0 Å². The summed E-state index contributed by atoms with van der Waals surface area (Å²) in [7, 11) is 0. The molecule has 2 rings (SSSR count). The van der Waals surface area contributed by atoms with Gasteiger partial charge in [0.15, 0.2) is 0 Å². The van der Waals surface area contributed by atoms with Gasteiger partial charge in [-0.25, -0.2) is 0 Å². The molecule has 0 bridgehead atoms. The molecule has 2 fully saturated rings. The second kappa shape index (κ2) is 2.71. The van der Waals surface area contributed by atoms with Crippen LogP contribution in [0.25, 0.3) is 0 Å². The van der Waals surface area contributed by atoms with Crippen LogP contribution in [0.15, 0.2) is 0 Å². The van der Waals surface area contributed by atoms with E-state index in [-0.39, 0.29) is 11.6 Å². The number of hydrogen-bond acceptors (Lipinski definition) is 2. The van der Waals surface area contributed by atoms with E-state index in [9.17, 15) is 4.79 Å². The van der Waals surface area contributed by atoms with Gasteiger partial charge in [-0.1, -0.05) is 13.8 Å². The third kappa shape index (κ3) is 1.70. The third-order valence-electron chi connectivity index (χ3n) is 3.42. The van der Waals surface area contributed by atoms with Crippen molar-refractivity contribution < 1.29 is 4.79 Å². The van der Waals surface area contributed by atoms with Crippen LogP contribution in [-0.2, 0) is 4.79 Å². The zero-order valence-electron chi connectivity index (χ0n) is 8.44. The Morgan fingerprint density at radius 2 is 1.77 bits per heavy atom. The van der Waals surface area contributed by atoms with Gasteiger partial charge in [0.1, 0.15) is 0 Å². The maximum atomic E-state index is 11.1. The summed E-state index contributed by atoms with van der Waals surface area (Å²) in [5.41, 5.74) is 0.410. The van der Waals surface area contributed by atoms with Crippen LogP contribution in [-0.4, -0.2) is 18.1 Å². The van der Waals surface area contributed by atoms with Crippen LogP contribution >= 0.6 is 0 Å². The molecular weight excluding hydrogens is 164 g/mol. The average Bonchev–Trinajstić information content (AvgIpc) is 2.41. The summed E-state index contributed by atoms with van der Waals surface area (Å²) in [5, 5.41) is 6.36. The van der Waals surface area contributed by atoms with Crippen molar-refractivity contribution >= 4 is 5.91 Å². The highest BCUT2D eigenvalue weighted by atomic mass is 16.2. The Labute approximate surface area is 79.3 Å². The van der Waals surface area contributed by atoms with Gasteiger partial charge < -0.3 is 5.32 Å². The molecule has 1 aliphatic heterocycles. The maximum absolute atomic E-state index is 11.1. The molecule has 1 saturated carbocycles. The summed E-state index contributed by atoms with van der Waals surface area (Å²) in [6.07, 6.45) is 4.54. The van der Waals surface area contributed by atoms with Crippen LogP contribution in [0.1, 0.15) is 39.5 Å². The van der Waals surface area contributed by atoms with Crippen molar-refractivity contribution in [3.63, 3.8) is 0 Å². The average molecular weight is 182 g/mol. The molecule has 0 atom stereocenters. The van der Waals surface area contributed by atoms with Crippen molar-refractivity contribution in [2.45, 2.75) is 45.2 Å². The second-order valence-electron chi connectivity index (χ2n) is 5.15. The monoisotopic (exact) mass is 182 g/mol. The number of carbonyl (C=O) groups is 1. The normalized spacial score (nSPS) is 30.5. The SMILES string of the molecule is CC1(C)CCC2(CC1)NCC(=O)N2. The van der Waals surface area contributed by atoms with E-state index in [0.29, 0.717) is 12.0 Å². The lowest BCUT2D eigenvalue weighted by Gasteiger charge is -2.41. The minimum absolute atomic E-state index is 0.0490. The van der Waals surface area contributed by atoms with Gasteiger partial charge in [-0.2, -0.15) is 0 Å². The molecule has 0 aromatic carbocycles. The van der Waals surface area contributed by atoms with E-state index < -0.39 is 0 Å². The number of amides is 1. The van der Waals surface area contributed by atoms with Crippen molar-refractivity contribution in [2.75, 3.05) is 6.54 Å². The fourth-order valence-corrected chi connectivity index (χ4v) is 2.26. The summed E-state index contributed by atoms with van der Waals surface area (Å²) in [6, 6.07) is 0. The summed E-state index contributed by atoms with van der Waals surface area (Å²) >= 11 is 0. The largest absolute Gasteiger partial charge is 0.337 e. The van der Waals surface area contributed by atoms with E-state index in [0.717, 1.165) is 12.8 Å². The van der Waals surface area contributed by atoms with E-state index >= 15 is 0 Å². The van der Waals surface area contributed by atoms with E-state index in [1.165, 1.54) is 12.8 Å². The zero-order valence-corrected chi connectivity index (χ0v) is 8.44. The number of hydrogen-bond donors (Lipinski definition) is 2. The number of carbonyl (C=O) groups excluding carboxylic acids is 1. The molecule has 1 amide bonds. The van der Waals surface area contributed by atoms with Gasteiger partial charge in [0.2, 0.25) is 5.91 Å². The van der Waals surface area contributed by atoms with Gasteiger partial charge in [-0.05, 0) is 31.1 Å². The van der Waals surface area contributed by atoms with Crippen LogP contribution in [0.2, 0.25) is 0 Å². The summed E-state index contributed by atoms with van der Waals surface area (Å²) in [4.78, 5) is 11.1. The molecule has 1 heterocycles. The summed E-state index contributed by atoms with van der Waals surface area (Å²) in [5.74, 6) is 0.153.